The number of halogens is 1. The van der Waals surface area contributed by atoms with Gasteiger partial charge in [0.25, 0.3) is 0 Å². The Morgan fingerprint density at radius 1 is 1.21 bits per heavy atom. The maximum Gasteiger partial charge on any atom is 0.167 e. The molecule has 3 nitrogen and oxygen atoms in total. The van der Waals surface area contributed by atoms with Crippen molar-refractivity contribution in [3.05, 3.63) is 44.6 Å². The highest BCUT2D eigenvalue weighted by Gasteiger charge is 2.11. The second-order valence-corrected chi connectivity index (χ2v) is 6.38. The first-order valence-corrected chi connectivity index (χ1v) is 7.58. The van der Waals surface area contributed by atoms with Crippen LogP contribution in [0.15, 0.2) is 34.1 Å². The van der Waals surface area contributed by atoms with Crippen LogP contribution in [0.3, 0.4) is 0 Å². The van der Waals surface area contributed by atoms with Crippen molar-refractivity contribution >= 4 is 27.3 Å². The molecule has 0 saturated heterocycles. The van der Waals surface area contributed by atoms with E-state index in [0.29, 0.717) is 24.7 Å². The van der Waals surface area contributed by atoms with Crippen LogP contribution >= 0.6 is 27.3 Å². The number of rotatable bonds is 6. The van der Waals surface area contributed by atoms with Gasteiger partial charge in [0, 0.05) is 10.4 Å². The lowest BCUT2D eigenvalue weighted by Crippen LogP contribution is -2.01. The Hall–Kier alpha value is -1.04. The smallest absolute Gasteiger partial charge is 0.167 e. The maximum absolute atomic E-state index is 9.37. The van der Waals surface area contributed by atoms with E-state index in [9.17, 15) is 5.11 Å². The topological polar surface area (TPSA) is 38.7 Å². The van der Waals surface area contributed by atoms with Crippen molar-refractivity contribution in [2.24, 2.45) is 0 Å². The van der Waals surface area contributed by atoms with Gasteiger partial charge in [-0.05, 0) is 41.1 Å². The van der Waals surface area contributed by atoms with Crippen molar-refractivity contribution in [3.63, 3.8) is 0 Å². The van der Waals surface area contributed by atoms with E-state index in [0.717, 1.165) is 14.2 Å². The molecule has 0 atom stereocenters. The number of aliphatic hydroxyl groups is 1. The number of hydrogen-bond donors (Lipinski definition) is 1. The number of ether oxygens (including phenoxy) is 2. The molecule has 0 fully saturated rings. The third kappa shape index (κ3) is 3.72. The van der Waals surface area contributed by atoms with Crippen molar-refractivity contribution in [1.82, 2.24) is 0 Å². The predicted molar refractivity (Wildman–Crippen MR) is 79.9 cm³/mol. The summed E-state index contributed by atoms with van der Waals surface area (Å²) >= 11 is 5.05. The SMILES string of the molecule is CCOc1cccc(CO)c1OCc1ccc(Br)s1. The Morgan fingerprint density at radius 3 is 2.68 bits per heavy atom. The fourth-order valence-electron chi connectivity index (χ4n) is 1.69. The van der Waals surface area contributed by atoms with Crippen molar-refractivity contribution in [2.75, 3.05) is 6.61 Å². The van der Waals surface area contributed by atoms with Crippen molar-refractivity contribution in [1.29, 1.82) is 0 Å². The third-order valence-electron chi connectivity index (χ3n) is 2.52. The zero-order valence-corrected chi connectivity index (χ0v) is 13.0. The van der Waals surface area contributed by atoms with Gasteiger partial charge in [-0.1, -0.05) is 12.1 Å². The van der Waals surface area contributed by atoms with Crippen LogP contribution in [-0.4, -0.2) is 11.7 Å². The predicted octanol–water partition coefficient (Wildman–Crippen LogP) is 3.98. The largest absolute Gasteiger partial charge is 0.490 e. The van der Waals surface area contributed by atoms with Crippen LogP contribution in [0.1, 0.15) is 17.4 Å². The molecule has 102 valence electrons. The van der Waals surface area contributed by atoms with Crippen molar-refractivity contribution < 1.29 is 14.6 Å². The van der Waals surface area contributed by atoms with Crippen LogP contribution in [-0.2, 0) is 13.2 Å². The van der Waals surface area contributed by atoms with Gasteiger partial charge in [-0.3, -0.25) is 0 Å². The van der Waals surface area contributed by atoms with Crippen LogP contribution in [0.4, 0.5) is 0 Å². The first-order valence-electron chi connectivity index (χ1n) is 5.97. The average molecular weight is 343 g/mol. The first kappa shape index (κ1) is 14.4. The standard InChI is InChI=1S/C14H15BrO3S/c1-2-17-12-5-3-4-10(8-16)14(12)18-9-11-6-7-13(15)19-11/h3-7,16H,2,8-9H2,1H3. The molecule has 0 amide bonds. The fraction of sp³-hybridized carbons (Fsp3) is 0.286. The molecule has 2 rings (SSSR count). The third-order valence-corrected chi connectivity index (χ3v) is 4.12. The summed E-state index contributed by atoms with van der Waals surface area (Å²) < 4.78 is 12.4. The van der Waals surface area contributed by atoms with Gasteiger partial charge in [-0.2, -0.15) is 0 Å². The Balaban J connectivity index is 2.17. The molecule has 0 unspecified atom stereocenters. The monoisotopic (exact) mass is 342 g/mol. The zero-order valence-electron chi connectivity index (χ0n) is 10.6. The number of aliphatic hydroxyl groups excluding tert-OH is 1. The number of benzene rings is 1. The highest BCUT2D eigenvalue weighted by Crippen LogP contribution is 2.33. The van der Waals surface area contributed by atoms with E-state index in [-0.39, 0.29) is 6.61 Å². The molecule has 2 aromatic rings. The van der Waals surface area contributed by atoms with Gasteiger partial charge >= 0.3 is 0 Å². The summed E-state index contributed by atoms with van der Waals surface area (Å²) in [6.45, 7) is 2.89. The molecule has 0 aliphatic rings. The maximum atomic E-state index is 9.37. The van der Waals surface area contributed by atoms with Crippen LogP contribution < -0.4 is 9.47 Å². The van der Waals surface area contributed by atoms with Gasteiger partial charge in [-0.15, -0.1) is 11.3 Å². The second-order valence-electron chi connectivity index (χ2n) is 3.83. The summed E-state index contributed by atoms with van der Waals surface area (Å²) in [4.78, 5) is 1.11. The van der Waals surface area contributed by atoms with Gasteiger partial charge < -0.3 is 14.6 Å². The molecular formula is C14H15BrO3S. The molecule has 1 N–H and O–H groups in total. The van der Waals surface area contributed by atoms with Crippen LogP contribution in [0, 0.1) is 0 Å². The van der Waals surface area contributed by atoms with E-state index < -0.39 is 0 Å². The van der Waals surface area contributed by atoms with E-state index in [1.54, 1.807) is 11.3 Å². The fourth-order valence-corrected chi connectivity index (χ4v) is 3.09. The van der Waals surface area contributed by atoms with Crippen LogP contribution in [0.2, 0.25) is 0 Å². The molecule has 0 spiro atoms. The van der Waals surface area contributed by atoms with E-state index in [4.69, 9.17) is 9.47 Å². The summed E-state index contributed by atoms with van der Waals surface area (Å²) in [6, 6.07) is 9.54. The average Bonchev–Trinajstić information content (AvgIpc) is 2.83. The first-order chi connectivity index (χ1) is 9.24. The second kappa shape index (κ2) is 6.93. The molecule has 1 aromatic heterocycles. The number of hydrogen-bond acceptors (Lipinski definition) is 4. The van der Waals surface area contributed by atoms with Crippen molar-refractivity contribution in [3.8, 4) is 11.5 Å². The molecule has 0 radical (unpaired) electrons. The highest BCUT2D eigenvalue weighted by atomic mass is 79.9. The van der Waals surface area contributed by atoms with Crippen LogP contribution in [0.25, 0.3) is 0 Å². The Bertz CT molecular complexity index is 539. The Labute approximate surface area is 124 Å². The van der Waals surface area contributed by atoms with Gasteiger partial charge in [0.1, 0.15) is 6.61 Å². The van der Waals surface area contributed by atoms with E-state index >= 15 is 0 Å². The van der Waals surface area contributed by atoms with Gasteiger partial charge in [0.05, 0.1) is 17.0 Å². The van der Waals surface area contributed by atoms with Gasteiger partial charge in [-0.25, -0.2) is 0 Å². The van der Waals surface area contributed by atoms with Gasteiger partial charge in [0.15, 0.2) is 11.5 Å². The summed E-state index contributed by atoms with van der Waals surface area (Å²) in [6.07, 6.45) is 0. The molecule has 5 heteroatoms. The minimum absolute atomic E-state index is 0.0651. The minimum atomic E-state index is -0.0651. The van der Waals surface area contributed by atoms with Crippen molar-refractivity contribution in [2.45, 2.75) is 20.1 Å². The van der Waals surface area contributed by atoms with Gasteiger partial charge in [0.2, 0.25) is 0 Å². The lowest BCUT2D eigenvalue weighted by molar-refractivity contribution is 0.244. The minimum Gasteiger partial charge on any atom is -0.490 e. The summed E-state index contributed by atoms with van der Waals surface area (Å²) in [7, 11) is 0. The van der Waals surface area contributed by atoms with Crippen LogP contribution in [0.5, 0.6) is 11.5 Å². The van der Waals surface area contributed by atoms with E-state index in [2.05, 4.69) is 15.9 Å². The molecule has 0 bridgehead atoms. The Morgan fingerprint density at radius 2 is 2.05 bits per heavy atom. The molecule has 19 heavy (non-hydrogen) atoms. The zero-order chi connectivity index (χ0) is 13.7. The summed E-state index contributed by atoms with van der Waals surface area (Å²) in [5.41, 5.74) is 0.738. The Kier molecular flexibility index (Phi) is 5.24. The molecule has 0 saturated carbocycles. The normalized spacial score (nSPS) is 10.5. The molecule has 1 aromatic carbocycles. The number of thiophene rings is 1. The van der Waals surface area contributed by atoms with E-state index in [1.165, 1.54) is 0 Å². The molecule has 0 aliphatic heterocycles. The lowest BCUT2D eigenvalue weighted by atomic mass is 10.2. The van der Waals surface area contributed by atoms with E-state index in [1.807, 2.05) is 37.3 Å². The summed E-state index contributed by atoms with van der Waals surface area (Å²) in [5, 5.41) is 9.37. The molecule has 1 heterocycles. The molecular weight excluding hydrogens is 328 g/mol. The highest BCUT2D eigenvalue weighted by molar-refractivity contribution is 9.11. The summed E-state index contributed by atoms with van der Waals surface area (Å²) in [5.74, 6) is 1.29. The molecule has 0 aliphatic carbocycles. The number of para-hydroxylation sites is 1. The quantitative estimate of drug-likeness (QED) is 0.862. The lowest BCUT2D eigenvalue weighted by Gasteiger charge is -2.14.